The molecule has 1 fully saturated rings. The second-order valence-electron chi connectivity index (χ2n) is 4.15. The Balaban J connectivity index is 2.32. The summed E-state index contributed by atoms with van der Waals surface area (Å²) < 4.78 is 0. The molecule has 0 spiro atoms. The van der Waals surface area contributed by atoms with Gasteiger partial charge in [-0.2, -0.15) is 0 Å². The van der Waals surface area contributed by atoms with Crippen molar-refractivity contribution in [2.75, 3.05) is 12.3 Å². The SMILES string of the molecule is CCC(O)(CC)CNC(=O)C1CCCS1. The molecule has 1 amide bonds. The summed E-state index contributed by atoms with van der Waals surface area (Å²) in [6.45, 7) is 4.27. The first kappa shape index (κ1) is 12.8. The number of hydrogen-bond acceptors (Lipinski definition) is 3. The van der Waals surface area contributed by atoms with Gasteiger partial charge < -0.3 is 10.4 Å². The minimum absolute atomic E-state index is 0.0952. The van der Waals surface area contributed by atoms with Crippen LogP contribution >= 0.6 is 11.8 Å². The van der Waals surface area contributed by atoms with Crippen LogP contribution < -0.4 is 5.32 Å². The van der Waals surface area contributed by atoms with E-state index in [0.717, 1.165) is 18.6 Å². The zero-order valence-corrected chi connectivity index (χ0v) is 10.4. The first-order valence-corrected chi connectivity index (χ1v) is 6.78. The molecule has 0 bridgehead atoms. The molecule has 2 N–H and O–H groups in total. The van der Waals surface area contributed by atoms with Crippen LogP contribution in [0, 0.1) is 0 Å². The molecule has 1 aliphatic rings. The van der Waals surface area contributed by atoms with Gasteiger partial charge in [-0.3, -0.25) is 4.79 Å². The fourth-order valence-electron chi connectivity index (χ4n) is 1.65. The Morgan fingerprint density at radius 2 is 2.20 bits per heavy atom. The second kappa shape index (κ2) is 5.75. The molecule has 1 unspecified atom stereocenters. The lowest BCUT2D eigenvalue weighted by atomic mass is 9.97. The molecule has 0 aromatic rings. The average molecular weight is 231 g/mol. The van der Waals surface area contributed by atoms with Crippen molar-refractivity contribution in [2.45, 2.75) is 50.4 Å². The fraction of sp³-hybridized carbons (Fsp3) is 0.909. The average Bonchev–Trinajstić information content (AvgIpc) is 2.79. The lowest BCUT2D eigenvalue weighted by Crippen LogP contribution is -2.44. The molecule has 1 heterocycles. The number of rotatable bonds is 5. The van der Waals surface area contributed by atoms with Crippen molar-refractivity contribution in [1.82, 2.24) is 5.32 Å². The summed E-state index contributed by atoms with van der Waals surface area (Å²) in [6, 6.07) is 0. The van der Waals surface area contributed by atoms with E-state index in [0.29, 0.717) is 19.4 Å². The highest BCUT2D eigenvalue weighted by Crippen LogP contribution is 2.26. The first-order chi connectivity index (χ1) is 7.11. The summed E-state index contributed by atoms with van der Waals surface area (Å²) in [5, 5.41) is 13.0. The summed E-state index contributed by atoms with van der Waals surface area (Å²) >= 11 is 1.72. The van der Waals surface area contributed by atoms with Crippen LogP contribution in [-0.2, 0) is 4.79 Å². The first-order valence-electron chi connectivity index (χ1n) is 5.73. The van der Waals surface area contributed by atoms with Crippen LogP contribution in [0.25, 0.3) is 0 Å². The number of carbonyl (C=O) groups is 1. The Kier molecular flexibility index (Phi) is 4.93. The Hall–Kier alpha value is -0.220. The van der Waals surface area contributed by atoms with Gasteiger partial charge in [0.1, 0.15) is 0 Å². The zero-order valence-electron chi connectivity index (χ0n) is 9.58. The Labute approximate surface area is 96.0 Å². The Bertz CT molecular complexity index is 211. The minimum Gasteiger partial charge on any atom is -0.388 e. The maximum atomic E-state index is 11.7. The maximum absolute atomic E-state index is 11.7. The number of aliphatic hydroxyl groups is 1. The molecule has 1 saturated heterocycles. The molecular weight excluding hydrogens is 210 g/mol. The third-order valence-electron chi connectivity index (χ3n) is 3.13. The smallest absolute Gasteiger partial charge is 0.233 e. The van der Waals surface area contributed by atoms with Crippen molar-refractivity contribution >= 4 is 17.7 Å². The third kappa shape index (κ3) is 3.68. The zero-order chi connectivity index (χ0) is 11.3. The molecule has 0 aromatic heterocycles. The minimum atomic E-state index is -0.723. The van der Waals surface area contributed by atoms with Crippen molar-refractivity contribution in [3.63, 3.8) is 0 Å². The van der Waals surface area contributed by atoms with E-state index in [1.54, 1.807) is 11.8 Å². The summed E-state index contributed by atoms with van der Waals surface area (Å²) in [4.78, 5) is 11.7. The summed E-state index contributed by atoms with van der Waals surface area (Å²) in [5.74, 6) is 1.18. The molecule has 1 atom stereocenters. The van der Waals surface area contributed by atoms with Gasteiger partial charge in [-0.1, -0.05) is 13.8 Å². The molecule has 88 valence electrons. The third-order valence-corrected chi connectivity index (χ3v) is 4.51. The van der Waals surface area contributed by atoms with Crippen LogP contribution in [0.4, 0.5) is 0 Å². The number of thioether (sulfide) groups is 1. The number of nitrogens with one attached hydrogen (secondary N) is 1. The molecule has 4 heteroatoms. The van der Waals surface area contributed by atoms with Gasteiger partial charge in [0.25, 0.3) is 0 Å². The van der Waals surface area contributed by atoms with Crippen LogP contribution in [0.1, 0.15) is 39.5 Å². The highest BCUT2D eigenvalue weighted by atomic mass is 32.2. The van der Waals surface area contributed by atoms with Crippen molar-refractivity contribution in [1.29, 1.82) is 0 Å². The molecule has 15 heavy (non-hydrogen) atoms. The summed E-state index contributed by atoms with van der Waals surface area (Å²) in [7, 11) is 0. The molecule has 1 rings (SSSR count). The summed E-state index contributed by atoms with van der Waals surface area (Å²) in [6.07, 6.45) is 3.48. The molecular formula is C11H21NO2S. The standard InChI is InChI=1S/C11H21NO2S/c1-3-11(14,4-2)8-12-10(13)9-6-5-7-15-9/h9,14H,3-8H2,1-2H3,(H,12,13). The van der Waals surface area contributed by atoms with Crippen LogP contribution in [-0.4, -0.2) is 34.2 Å². The molecule has 3 nitrogen and oxygen atoms in total. The van der Waals surface area contributed by atoms with Gasteiger partial charge in [0.15, 0.2) is 0 Å². The molecule has 0 aromatic carbocycles. The summed E-state index contributed by atoms with van der Waals surface area (Å²) in [5.41, 5.74) is -0.723. The predicted octanol–water partition coefficient (Wildman–Crippen LogP) is 1.55. The largest absolute Gasteiger partial charge is 0.388 e. The van der Waals surface area contributed by atoms with Gasteiger partial charge in [-0.25, -0.2) is 0 Å². The van der Waals surface area contributed by atoms with Crippen molar-refractivity contribution in [3.8, 4) is 0 Å². The van der Waals surface area contributed by atoms with E-state index in [4.69, 9.17) is 0 Å². The quantitative estimate of drug-likeness (QED) is 0.755. The van der Waals surface area contributed by atoms with E-state index in [2.05, 4.69) is 5.32 Å². The van der Waals surface area contributed by atoms with E-state index < -0.39 is 5.60 Å². The number of hydrogen-bond donors (Lipinski definition) is 2. The van der Waals surface area contributed by atoms with E-state index in [9.17, 15) is 9.90 Å². The monoisotopic (exact) mass is 231 g/mol. The Morgan fingerprint density at radius 3 is 2.67 bits per heavy atom. The molecule has 1 aliphatic heterocycles. The van der Waals surface area contributed by atoms with E-state index >= 15 is 0 Å². The maximum Gasteiger partial charge on any atom is 0.233 e. The van der Waals surface area contributed by atoms with Crippen molar-refractivity contribution < 1.29 is 9.90 Å². The van der Waals surface area contributed by atoms with Crippen LogP contribution in [0.3, 0.4) is 0 Å². The molecule has 0 saturated carbocycles. The van der Waals surface area contributed by atoms with Crippen LogP contribution in [0.15, 0.2) is 0 Å². The van der Waals surface area contributed by atoms with Crippen LogP contribution in [0.2, 0.25) is 0 Å². The van der Waals surface area contributed by atoms with Gasteiger partial charge in [0.05, 0.1) is 10.9 Å². The van der Waals surface area contributed by atoms with Crippen molar-refractivity contribution in [2.24, 2.45) is 0 Å². The molecule has 0 radical (unpaired) electrons. The van der Waals surface area contributed by atoms with E-state index in [1.165, 1.54) is 0 Å². The fourth-order valence-corrected chi connectivity index (χ4v) is 2.84. The second-order valence-corrected chi connectivity index (χ2v) is 5.46. The van der Waals surface area contributed by atoms with Gasteiger partial charge >= 0.3 is 0 Å². The lowest BCUT2D eigenvalue weighted by Gasteiger charge is -2.26. The Morgan fingerprint density at radius 1 is 1.53 bits per heavy atom. The van der Waals surface area contributed by atoms with Crippen molar-refractivity contribution in [3.05, 3.63) is 0 Å². The van der Waals surface area contributed by atoms with Gasteiger partial charge in [0, 0.05) is 6.54 Å². The predicted molar refractivity (Wildman–Crippen MR) is 64.0 cm³/mol. The van der Waals surface area contributed by atoms with E-state index in [-0.39, 0.29) is 11.2 Å². The van der Waals surface area contributed by atoms with E-state index in [1.807, 2.05) is 13.8 Å². The molecule has 0 aliphatic carbocycles. The highest BCUT2D eigenvalue weighted by molar-refractivity contribution is 8.00. The number of amides is 1. The van der Waals surface area contributed by atoms with Gasteiger partial charge in [-0.05, 0) is 31.4 Å². The van der Waals surface area contributed by atoms with Gasteiger partial charge in [-0.15, -0.1) is 11.8 Å². The van der Waals surface area contributed by atoms with Crippen LogP contribution in [0.5, 0.6) is 0 Å². The lowest BCUT2D eigenvalue weighted by molar-refractivity contribution is -0.121. The normalized spacial score (nSPS) is 21.7. The highest BCUT2D eigenvalue weighted by Gasteiger charge is 2.27. The van der Waals surface area contributed by atoms with Gasteiger partial charge in [0.2, 0.25) is 5.91 Å². The number of carbonyl (C=O) groups excluding carboxylic acids is 1. The topological polar surface area (TPSA) is 49.3 Å².